The molecule has 1 heterocycles. The van der Waals surface area contributed by atoms with Crippen LogP contribution in [-0.2, 0) is 4.74 Å². The van der Waals surface area contributed by atoms with Gasteiger partial charge in [0.1, 0.15) is 12.4 Å². The van der Waals surface area contributed by atoms with E-state index in [1.165, 1.54) is 0 Å². The molecular weight excluding hydrogens is 380 g/mol. The van der Waals surface area contributed by atoms with Crippen molar-refractivity contribution in [2.75, 3.05) is 38.2 Å². The van der Waals surface area contributed by atoms with Crippen LogP contribution in [0.2, 0.25) is 0 Å². The van der Waals surface area contributed by atoms with Crippen molar-refractivity contribution in [1.82, 2.24) is 4.90 Å². The van der Waals surface area contributed by atoms with Gasteiger partial charge in [0.25, 0.3) is 11.8 Å². The summed E-state index contributed by atoms with van der Waals surface area (Å²) >= 11 is 0. The SMILES string of the molecule is CCOCCOc1ccc(C(=O)Nc2ccccc2C(=O)N2CCCCCC2)cc1. The van der Waals surface area contributed by atoms with Gasteiger partial charge in [-0.3, -0.25) is 9.59 Å². The molecule has 0 atom stereocenters. The number of anilines is 1. The summed E-state index contributed by atoms with van der Waals surface area (Å²) in [7, 11) is 0. The predicted molar refractivity (Wildman–Crippen MR) is 117 cm³/mol. The number of para-hydroxylation sites is 1. The summed E-state index contributed by atoms with van der Waals surface area (Å²) < 4.78 is 10.8. The molecule has 1 fully saturated rings. The Labute approximate surface area is 178 Å². The summed E-state index contributed by atoms with van der Waals surface area (Å²) in [4.78, 5) is 27.7. The first-order chi connectivity index (χ1) is 14.7. The summed E-state index contributed by atoms with van der Waals surface area (Å²) in [6, 6.07) is 14.1. The van der Waals surface area contributed by atoms with E-state index in [2.05, 4.69) is 5.32 Å². The van der Waals surface area contributed by atoms with Gasteiger partial charge in [-0.25, -0.2) is 0 Å². The number of carbonyl (C=O) groups is 2. The highest BCUT2D eigenvalue weighted by molar-refractivity contribution is 6.09. The van der Waals surface area contributed by atoms with Gasteiger partial charge in [-0.2, -0.15) is 0 Å². The highest BCUT2D eigenvalue weighted by atomic mass is 16.5. The number of hydrogen-bond acceptors (Lipinski definition) is 4. The van der Waals surface area contributed by atoms with Crippen LogP contribution in [0.3, 0.4) is 0 Å². The van der Waals surface area contributed by atoms with E-state index >= 15 is 0 Å². The van der Waals surface area contributed by atoms with Gasteiger partial charge in [-0.05, 0) is 56.2 Å². The molecule has 160 valence electrons. The van der Waals surface area contributed by atoms with Crippen molar-refractivity contribution in [3.8, 4) is 5.75 Å². The molecule has 0 spiro atoms. The van der Waals surface area contributed by atoms with Crippen molar-refractivity contribution in [2.24, 2.45) is 0 Å². The average Bonchev–Trinajstić information content (AvgIpc) is 3.07. The van der Waals surface area contributed by atoms with E-state index in [0.29, 0.717) is 42.4 Å². The van der Waals surface area contributed by atoms with Crippen LogP contribution in [0.25, 0.3) is 0 Å². The van der Waals surface area contributed by atoms with Crippen LogP contribution in [0.5, 0.6) is 5.75 Å². The van der Waals surface area contributed by atoms with Crippen LogP contribution < -0.4 is 10.1 Å². The van der Waals surface area contributed by atoms with Gasteiger partial charge in [0.05, 0.1) is 17.9 Å². The number of nitrogens with zero attached hydrogens (tertiary/aromatic N) is 1. The Morgan fingerprint density at radius 2 is 1.63 bits per heavy atom. The van der Waals surface area contributed by atoms with E-state index in [9.17, 15) is 9.59 Å². The number of carbonyl (C=O) groups excluding carboxylic acids is 2. The maximum absolute atomic E-state index is 13.0. The molecule has 2 aromatic rings. The van der Waals surface area contributed by atoms with Gasteiger partial charge in [-0.1, -0.05) is 25.0 Å². The normalized spacial score (nSPS) is 14.1. The molecule has 6 nitrogen and oxygen atoms in total. The summed E-state index contributed by atoms with van der Waals surface area (Å²) in [5, 5.41) is 2.89. The zero-order valence-electron chi connectivity index (χ0n) is 17.6. The third-order valence-corrected chi connectivity index (χ3v) is 5.12. The zero-order chi connectivity index (χ0) is 21.2. The number of ether oxygens (including phenoxy) is 2. The van der Waals surface area contributed by atoms with Gasteiger partial charge in [-0.15, -0.1) is 0 Å². The number of rotatable bonds is 8. The molecule has 0 aliphatic carbocycles. The lowest BCUT2D eigenvalue weighted by atomic mass is 10.1. The highest BCUT2D eigenvalue weighted by Gasteiger charge is 2.20. The molecule has 0 bridgehead atoms. The van der Waals surface area contributed by atoms with Crippen molar-refractivity contribution in [1.29, 1.82) is 0 Å². The minimum atomic E-state index is -0.257. The lowest BCUT2D eigenvalue weighted by Gasteiger charge is -2.22. The number of amides is 2. The number of hydrogen-bond donors (Lipinski definition) is 1. The molecule has 1 N–H and O–H groups in total. The molecule has 30 heavy (non-hydrogen) atoms. The second-order valence-electron chi connectivity index (χ2n) is 7.28. The third kappa shape index (κ3) is 6.07. The number of likely N-dealkylation sites (tertiary alicyclic amines) is 1. The second kappa shape index (κ2) is 11.4. The number of benzene rings is 2. The molecule has 1 aliphatic rings. The Balaban J connectivity index is 1.64. The van der Waals surface area contributed by atoms with Crippen molar-refractivity contribution in [3.63, 3.8) is 0 Å². The first kappa shape index (κ1) is 21.8. The monoisotopic (exact) mass is 410 g/mol. The van der Waals surface area contributed by atoms with Gasteiger partial charge in [0.15, 0.2) is 0 Å². The lowest BCUT2D eigenvalue weighted by Crippen LogP contribution is -2.32. The maximum Gasteiger partial charge on any atom is 0.255 e. The minimum Gasteiger partial charge on any atom is -0.491 e. The topological polar surface area (TPSA) is 67.9 Å². The smallest absolute Gasteiger partial charge is 0.255 e. The molecule has 6 heteroatoms. The molecule has 3 rings (SSSR count). The molecule has 1 saturated heterocycles. The third-order valence-electron chi connectivity index (χ3n) is 5.12. The fourth-order valence-corrected chi connectivity index (χ4v) is 3.48. The van der Waals surface area contributed by atoms with Crippen molar-refractivity contribution in [3.05, 3.63) is 59.7 Å². The molecule has 0 radical (unpaired) electrons. The van der Waals surface area contributed by atoms with Crippen molar-refractivity contribution < 1.29 is 19.1 Å². The molecule has 2 amide bonds. The van der Waals surface area contributed by atoms with Gasteiger partial charge < -0.3 is 19.7 Å². The van der Waals surface area contributed by atoms with E-state index < -0.39 is 0 Å². The van der Waals surface area contributed by atoms with E-state index in [-0.39, 0.29) is 11.8 Å². The first-order valence-corrected chi connectivity index (χ1v) is 10.7. The van der Waals surface area contributed by atoms with Crippen LogP contribution in [0.15, 0.2) is 48.5 Å². The van der Waals surface area contributed by atoms with Crippen LogP contribution in [0, 0.1) is 0 Å². The van der Waals surface area contributed by atoms with Crippen molar-refractivity contribution in [2.45, 2.75) is 32.6 Å². The Kier molecular flexibility index (Phi) is 8.27. The Morgan fingerprint density at radius 3 is 2.33 bits per heavy atom. The molecule has 2 aromatic carbocycles. The molecule has 0 saturated carbocycles. The van der Waals surface area contributed by atoms with Crippen LogP contribution in [0.1, 0.15) is 53.3 Å². The molecule has 1 aliphatic heterocycles. The van der Waals surface area contributed by atoms with Crippen LogP contribution in [0.4, 0.5) is 5.69 Å². The summed E-state index contributed by atoms with van der Waals surface area (Å²) in [5.74, 6) is 0.404. The van der Waals surface area contributed by atoms with Gasteiger partial charge in [0.2, 0.25) is 0 Å². The molecular formula is C24H30N2O4. The maximum atomic E-state index is 13.0. The second-order valence-corrected chi connectivity index (χ2v) is 7.28. The standard InChI is InChI=1S/C24H30N2O4/c1-2-29-17-18-30-20-13-11-19(12-14-20)23(27)25-22-10-6-5-9-21(22)24(28)26-15-7-3-4-8-16-26/h5-6,9-14H,2-4,7-8,15-18H2,1H3,(H,25,27). The quantitative estimate of drug-likeness (QED) is 0.656. The van der Waals surface area contributed by atoms with Crippen LogP contribution >= 0.6 is 0 Å². The van der Waals surface area contributed by atoms with Gasteiger partial charge in [0, 0.05) is 25.3 Å². The largest absolute Gasteiger partial charge is 0.491 e. The predicted octanol–water partition coefficient (Wildman–Crippen LogP) is 4.37. The average molecular weight is 411 g/mol. The number of nitrogens with one attached hydrogen (secondary N) is 1. The van der Waals surface area contributed by atoms with E-state index in [4.69, 9.17) is 9.47 Å². The van der Waals surface area contributed by atoms with Gasteiger partial charge >= 0.3 is 0 Å². The van der Waals surface area contributed by atoms with E-state index in [1.54, 1.807) is 36.4 Å². The summed E-state index contributed by atoms with van der Waals surface area (Å²) in [6.07, 6.45) is 4.37. The first-order valence-electron chi connectivity index (χ1n) is 10.7. The van der Waals surface area contributed by atoms with Crippen LogP contribution in [-0.4, -0.2) is 49.6 Å². The fourth-order valence-electron chi connectivity index (χ4n) is 3.48. The van der Waals surface area contributed by atoms with Crippen molar-refractivity contribution >= 4 is 17.5 Å². The Hall–Kier alpha value is -2.86. The lowest BCUT2D eigenvalue weighted by molar-refractivity contribution is 0.0762. The van der Waals surface area contributed by atoms with E-state index in [1.807, 2.05) is 24.0 Å². The minimum absolute atomic E-state index is 0.0224. The fraction of sp³-hybridized carbons (Fsp3) is 0.417. The summed E-state index contributed by atoms with van der Waals surface area (Å²) in [5.41, 5.74) is 1.57. The summed E-state index contributed by atoms with van der Waals surface area (Å²) in [6.45, 7) is 5.13. The zero-order valence-corrected chi connectivity index (χ0v) is 17.6. The molecule has 0 unspecified atom stereocenters. The Bertz CT molecular complexity index is 827. The molecule has 0 aromatic heterocycles. The Morgan fingerprint density at radius 1 is 0.933 bits per heavy atom. The highest BCUT2D eigenvalue weighted by Crippen LogP contribution is 2.21. The van der Waals surface area contributed by atoms with E-state index in [0.717, 1.165) is 38.8 Å².